The third-order valence-corrected chi connectivity index (χ3v) is 6.59. The number of nitrogens with zero attached hydrogens (tertiary/aromatic N) is 3. The molecule has 1 aromatic heterocycles. The van der Waals surface area contributed by atoms with Crippen molar-refractivity contribution in [1.29, 1.82) is 0 Å². The van der Waals surface area contributed by atoms with E-state index < -0.39 is 0 Å². The van der Waals surface area contributed by atoms with E-state index in [2.05, 4.69) is 18.9 Å². The molecule has 1 heterocycles. The van der Waals surface area contributed by atoms with Gasteiger partial charge >= 0.3 is 0 Å². The van der Waals surface area contributed by atoms with Crippen LogP contribution >= 0.6 is 0 Å². The molecule has 5 rings (SSSR count). The van der Waals surface area contributed by atoms with E-state index in [-0.39, 0.29) is 5.41 Å². The summed E-state index contributed by atoms with van der Waals surface area (Å²) >= 11 is 0. The van der Waals surface area contributed by atoms with Crippen molar-refractivity contribution in [2.24, 2.45) is 29.2 Å². The Balaban J connectivity index is 1.58. The average Bonchev–Trinajstić information content (AvgIpc) is 2.79. The van der Waals surface area contributed by atoms with Gasteiger partial charge in [-0.2, -0.15) is 5.10 Å². The van der Waals surface area contributed by atoms with Gasteiger partial charge in [0, 0.05) is 20.3 Å². The third kappa shape index (κ3) is 2.41. The standard InChI is InChI=1S/C19H29N3O/c1-17-7-14-8-18(2,11-17)13-19(9-14,12-17)16(23)21(3)10-15-5-6-22(4)20-15/h5-6,14H,7-13H2,1-4H3/t14?,17-,18-,19?/m1/s1. The number of hydrogen-bond donors (Lipinski definition) is 0. The first-order valence-electron chi connectivity index (χ1n) is 8.95. The molecule has 0 aromatic carbocycles. The fraction of sp³-hybridized carbons (Fsp3) is 0.789. The van der Waals surface area contributed by atoms with Gasteiger partial charge < -0.3 is 4.90 Å². The Morgan fingerprint density at radius 2 is 1.91 bits per heavy atom. The molecule has 0 spiro atoms. The lowest BCUT2D eigenvalue weighted by atomic mass is 9.40. The van der Waals surface area contributed by atoms with E-state index in [1.165, 1.54) is 19.3 Å². The molecule has 0 saturated heterocycles. The molecule has 23 heavy (non-hydrogen) atoms. The number of rotatable bonds is 3. The van der Waals surface area contributed by atoms with Crippen molar-refractivity contribution in [3.05, 3.63) is 18.0 Å². The molecule has 0 radical (unpaired) electrons. The lowest BCUT2D eigenvalue weighted by Gasteiger charge is -2.65. The Hall–Kier alpha value is -1.32. The molecule has 2 atom stereocenters. The zero-order chi connectivity index (χ0) is 16.5. The highest BCUT2D eigenvalue weighted by Crippen LogP contribution is 2.69. The minimum Gasteiger partial charge on any atom is -0.339 e. The molecule has 4 aliphatic carbocycles. The summed E-state index contributed by atoms with van der Waals surface area (Å²) in [5.74, 6) is 1.12. The van der Waals surface area contributed by atoms with Crippen molar-refractivity contribution >= 4 is 5.91 Å². The van der Waals surface area contributed by atoms with Crippen LogP contribution in [0.5, 0.6) is 0 Å². The molecule has 1 aromatic rings. The molecule has 0 aliphatic heterocycles. The number of carbonyl (C=O) groups is 1. The summed E-state index contributed by atoms with van der Waals surface area (Å²) in [5, 5.41) is 4.43. The van der Waals surface area contributed by atoms with Gasteiger partial charge in [0.2, 0.25) is 5.91 Å². The summed E-state index contributed by atoms with van der Waals surface area (Å²) in [7, 11) is 3.88. The zero-order valence-corrected chi connectivity index (χ0v) is 14.9. The Kier molecular flexibility index (Phi) is 3.05. The number of carbonyl (C=O) groups excluding carboxylic acids is 1. The molecule has 126 valence electrons. The summed E-state index contributed by atoms with van der Waals surface area (Å²) in [6.07, 6.45) is 9.23. The second-order valence-corrected chi connectivity index (χ2v) is 9.55. The fourth-order valence-corrected chi connectivity index (χ4v) is 6.95. The third-order valence-electron chi connectivity index (χ3n) is 6.59. The van der Waals surface area contributed by atoms with Crippen LogP contribution in [0.3, 0.4) is 0 Å². The van der Waals surface area contributed by atoms with Crippen molar-refractivity contribution in [2.75, 3.05) is 7.05 Å². The van der Waals surface area contributed by atoms with Crippen LogP contribution in [0.4, 0.5) is 0 Å². The van der Waals surface area contributed by atoms with Gasteiger partial charge in [0.25, 0.3) is 0 Å². The van der Waals surface area contributed by atoms with Gasteiger partial charge in [-0.05, 0) is 61.3 Å². The van der Waals surface area contributed by atoms with E-state index in [9.17, 15) is 4.79 Å². The summed E-state index contributed by atoms with van der Waals surface area (Å²) in [6.45, 7) is 5.48. The van der Waals surface area contributed by atoms with Crippen LogP contribution in [0.15, 0.2) is 12.3 Å². The van der Waals surface area contributed by atoms with Gasteiger partial charge in [0.1, 0.15) is 0 Å². The van der Waals surface area contributed by atoms with Gasteiger partial charge in [0.15, 0.2) is 0 Å². The Bertz CT molecular complexity index is 631. The van der Waals surface area contributed by atoms with Crippen molar-refractivity contribution in [1.82, 2.24) is 14.7 Å². The molecule has 0 N–H and O–H groups in total. The van der Waals surface area contributed by atoms with E-state index in [1.54, 1.807) is 4.68 Å². The second-order valence-electron chi connectivity index (χ2n) is 9.55. The molecule has 4 saturated carbocycles. The van der Waals surface area contributed by atoms with Crippen LogP contribution in [-0.4, -0.2) is 27.6 Å². The molecule has 1 amide bonds. The second kappa shape index (κ2) is 4.61. The maximum atomic E-state index is 13.4. The quantitative estimate of drug-likeness (QED) is 0.857. The van der Waals surface area contributed by atoms with Gasteiger partial charge in [-0.25, -0.2) is 0 Å². The lowest BCUT2D eigenvalue weighted by molar-refractivity contribution is -0.178. The molecule has 4 fully saturated rings. The monoisotopic (exact) mass is 315 g/mol. The molecule has 0 unspecified atom stereocenters. The van der Waals surface area contributed by atoms with Gasteiger partial charge in [0.05, 0.1) is 17.7 Å². The van der Waals surface area contributed by atoms with E-state index in [1.807, 2.05) is 31.3 Å². The van der Waals surface area contributed by atoms with Crippen molar-refractivity contribution < 1.29 is 4.79 Å². The van der Waals surface area contributed by atoms with Crippen LogP contribution in [0, 0.1) is 22.2 Å². The first-order chi connectivity index (χ1) is 10.7. The predicted molar refractivity (Wildman–Crippen MR) is 89.5 cm³/mol. The molecule has 4 heteroatoms. The summed E-state index contributed by atoms with van der Waals surface area (Å²) in [5.41, 5.74) is 1.64. The van der Waals surface area contributed by atoms with E-state index in [4.69, 9.17) is 0 Å². The SMILES string of the molecule is CN(Cc1ccn(C)n1)C(=O)C12CC3C[C@@](C)(C1)C[C@@](C)(C3)C2. The van der Waals surface area contributed by atoms with Crippen LogP contribution in [-0.2, 0) is 18.4 Å². The van der Waals surface area contributed by atoms with Gasteiger partial charge in [-0.15, -0.1) is 0 Å². The summed E-state index contributed by atoms with van der Waals surface area (Å²) < 4.78 is 1.81. The van der Waals surface area contributed by atoms with E-state index >= 15 is 0 Å². The fourth-order valence-electron chi connectivity index (χ4n) is 6.95. The van der Waals surface area contributed by atoms with Crippen molar-refractivity contribution in [3.8, 4) is 0 Å². The van der Waals surface area contributed by atoms with E-state index in [0.717, 1.165) is 30.9 Å². The topological polar surface area (TPSA) is 38.1 Å². The smallest absolute Gasteiger partial charge is 0.228 e. The highest BCUT2D eigenvalue weighted by Gasteiger charge is 2.63. The number of amides is 1. The van der Waals surface area contributed by atoms with Crippen molar-refractivity contribution in [3.63, 3.8) is 0 Å². The Morgan fingerprint density at radius 3 is 2.43 bits per heavy atom. The minimum absolute atomic E-state index is 0.105. The molecular weight excluding hydrogens is 286 g/mol. The molecule has 4 bridgehead atoms. The molecular formula is C19H29N3O. The number of aryl methyl sites for hydroxylation is 1. The van der Waals surface area contributed by atoms with Crippen molar-refractivity contribution in [2.45, 2.75) is 58.9 Å². The van der Waals surface area contributed by atoms with Gasteiger partial charge in [-0.1, -0.05) is 13.8 Å². The first-order valence-corrected chi connectivity index (χ1v) is 8.95. The summed E-state index contributed by atoms with van der Waals surface area (Å²) in [4.78, 5) is 15.3. The maximum Gasteiger partial charge on any atom is 0.228 e. The molecule has 4 aliphatic rings. The Labute approximate surface area is 139 Å². The number of hydrogen-bond acceptors (Lipinski definition) is 2. The highest BCUT2D eigenvalue weighted by atomic mass is 16.2. The van der Waals surface area contributed by atoms with Gasteiger partial charge in [-0.3, -0.25) is 9.48 Å². The van der Waals surface area contributed by atoms with Crippen LogP contribution in [0.2, 0.25) is 0 Å². The zero-order valence-electron chi connectivity index (χ0n) is 14.9. The lowest BCUT2D eigenvalue weighted by Crippen LogP contribution is -2.59. The van der Waals surface area contributed by atoms with Crippen LogP contribution in [0.25, 0.3) is 0 Å². The highest BCUT2D eigenvalue weighted by molar-refractivity contribution is 5.83. The first kappa shape index (κ1) is 15.2. The average molecular weight is 315 g/mol. The van der Waals surface area contributed by atoms with Crippen LogP contribution < -0.4 is 0 Å². The van der Waals surface area contributed by atoms with Crippen LogP contribution in [0.1, 0.15) is 58.1 Å². The predicted octanol–water partition coefficient (Wildman–Crippen LogP) is 3.38. The normalized spacial score (nSPS) is 41.3. The van der Waals surface area contributed by atoms with E-state index in [0.29, 0.717) is 23.3 Å². The number of aromatic nitrogens is 2. The summed E-state index contributed by atoms with van der Waals surface area (Å²) in [6, 6.07) is 2.01. The largest absolute Gasteiger partial charge is 0.339 e. The maximum absolute atomic E-state index is 13.4. The Morgan fingerprint density at radius 1 is 1.26 bits per heavy atom. The molecule has 4 nitrogen and oxygen atoms in total. The minimum atomic E-state index is -0.105.